The lowest BCUT2D eigenvalue weighted by Crippen LogP contribution is -2.47. The van der Waals surface area contributed by atoms with E-state index in [0.717, 1.165) is 21.8 Å². The van der Waals surface area contributed by atoms with Crippen LogP contribution in [0.3, 0.4) is 0 Å². The first-order valence-electron chi connectivity index (χ1n) is 4.90. The molecule has 72 valence electrons. The zero-order valence-corrected chi connectivity index (χ0v) is 10.7. The second-order valence-corrected chi connectivity index (χ2v) is 5.88. The molecule has 2 heteroatoms. The van der Waals surface area contributed by atoms with Crippen LogP contribution < -0.4 is 0 Å². The summed E-state index contributed by atoms with van der Waals surface area (Å²) in [5.41, 5.74) is 0. The summed E-state index contributed by atoms with van der Waals surface area (Å²) >= 11 is 2.62. The van der Waals surface area contributed by atoms with Gasteiger partial charge in [-0.3, -0.25) is 0 Å². The standard InChI is InChI=1S/C10H20IN/c1-7(2)12-5-8(3)10(11)9(4)6-12/h7-10H,5-6H2,1-4H3/t8-,9+,10?. The van der Waals surface area contributed by atoms with Gasteiger partial charge in [0, 0.05) is 23.1 Å². The Bertz CT molecular complexity index is 135. The van der Waals surface area contributed by atoms with Gasteiger partial charge in [-0.15, -0.1) is 0 Å². The van der Waals surface area contributed by atoms with Crippen LogP contribution in [0.4, 0.5) is 0 Å². The number of piperidine rings is 1. The molecule has 0 aromatic carbocycles. The maximum absolute atomic E-state index is 2.62. The molecule has 1 rings (SSSR count). The average Bonchev–Trinajstić information content (AvgIpc) is 1.99. The predicted molar refractivity (Wildman–Crippen MR) is 62.8 cm³/mol. The topological polar surface area (TPSA) is 3.24 Å². The van der Waals surface area contributed by atoms with Gasteiger partial charge in [-0.2, -0.15) is 0 Å². The molecule has 0 amide bonds. The maximum atomic E-state index is 2.62. The summed E-state index contributed by atoms with van der Waals surface area (Å²) in [6.07, 6.45) is 0. The van der Waals surface area contributed by atoms with Gasteiger partial charge in [0.05, 0.1) is 0 Å². The van der Waals surface area contributed by atoms with Crippen molar-refractivity contribution in [2.24, 2.45) is 11.8 Å². The highest BCUT2D eigenvalue weighted by molar-refractivity contribution is 14.1. The van der Waals surface area contributed by atoms with E-state index in [0.29, 0.717) is 0 Å². The van der Waals surface area contributed by atoms with Crippen LogP contribution in [0.1, 0.15) is 27.7 Å². The fourth-order valence-electron chi connectivity index (χ4n) is 2.00. The Morgan fingerprint density at radius 2 is 1.58 bits per heavy atom. The molecule has 0 aromatic heterocycles. The predicted octanol–water partition coefficient (Wildman–Crippen LogP) is 2.79. The third kappa shape index (κ3) is 2.34. The van der Waals surface area contributed by atoms with Crippen molar-refractivity contribution < 1.29 is 0 Å². The first-order valence-corrected chi connectivity index (χ1v) is 6.15. The molecule has 12 heavy (non-hydrogen) atoms. The monoisotopic (exact) mass is 281 g/mol. The van der Waals surface area contributed by atoms with E-state index in [-0.39, 0.29) is 0 Å². The van der Waals surface area contributed by atoms with E-state index in [2.05, 4.69) is 55.2 Å². The number of hydrogen-bond acceptors (Lipinski definition) is 1. The summed E-state index contributed by atoms with van der Waals surface area (Å²) < 4.78 is 0.873. The second kappa shape index (κ2) is 4.27. The van der Waals surface area contributed by atoms with Gasteiger partial charge < -0.3 is 4.90 Å². The number of hydrogen-bond donors (Lipinski definition) is 0. The fourth-order valence-corrected chi connectivity index (χ4v) is 2.45. The van der Waals surface area contributed by atoms with Crippen molar-refractivity contribution in [2.75, 3.05) is 13.1 Å². The third-order valence-electron chi connectivity index (χ3n) is 2.86. The van der Waals surface area contributed by atoms with Crippen LogP contribution in [0.5, 0.6) is 0 Å². The summed E-state index contributed by atoms with van der Waals surface area (Å²) in [6, 6.07) is 0.721. The van der Waals surface area contributed by atoms with Gasteiger partial charge in [0.15, 0.2) is 0 Å². The number of alkyl halides is 1. The van der Waals surface area contributed by atoms with Crippen molar-refractivity contribution >= 4 is 22.6 Å². The summed E-state index contributed by atoms with van der Waals surface area (Å²) in [6.45, 7) is 11.9. The Balaban J connectivity index is 2.53. The number of halogens is 1. The average molecular weight is 281 g/mol. The first-order chi connectivity index (χ1) is 5.52. The maximum Gasteiger partial charge on any atom is 0.0185 e. The lowest BCUT2D eigenvalue weighted by atomic mass is 9.91. The Labute approximate surface area is 90.0 Å². The molecular formula is C10H20IN. The molecule has 0 radical (unpaired) electrons. The van der Waals surface area contributed by atoms with Crippen LogP contribution in [-0.2, 0) is 0 Å². The molecule has 0 spiro atoms. The van der Waals surface area contributed by atoms with Crippen LogP contribution in [0.25, 0.3) is 0 Å². The molecule has 1 nitrogen and oxygen atoms in total. The Morgan fingerprint density at radius 1 is 1.17 bits per heavy atom. The van der Waals surface area contributed by atoms with Crippen molar-refractivity contribution in [3.8, 4) is 0 Å². The molecule has 0 bridgehead atoms. The molecule has 0 aliphatic carbocycles. The van der Waals surface area contributed by atoms with Gasteiger partial charge in [-0.1, -0.05) is 36.4 Å². The van der Waals surface area contributed by atoms with E-state index in [1.807, 2.05) is 0 Å². The molecule has 0 saturated carbocycles. The van der Waals surface area contributed by atoms with E-state index < -0.39 is 0 Å². The zero-order valence-electron chi connectivity index (χ0n) is 8.55. The SMILES string of the molecule is CC(C)N1C[C@@H](C)C(I)[C@@H](C)C1. The van der Waals surface area contributed by atoms with Crippen molar-refractivity contribution in [3.63, 3.8) is 0 Å². The number of nitrogens with zero attached hydrogens (tertiary/aromatic N) is 1. The minimum Gasteiger partial charge on any atom is -0.300 e. The van der Waals surface area contributed by atoms with Crippen LogP contribution >= 0.6 is 22.6 Å². The van der Waals surface area contributed by atoms with Gasteiger partial charge in [0.25, 0.3) is 0 Å². The highest BCUT2D eigenvalue weighted by atomic mass is 127. The Morgan fingerprint density at radius 3 is 1.92 bits per heavy atom. The molecule has 1 heterocycles. The molecule has 1 unspecified atom stereocenters. The van der Waals surface area contributed by atoms with Crippen molar-refractivity contribution in [1.82, 2.24) is 4.90 Å². The lowest BCUT2D eigenvalue weighted by molar-refractivity contribution is 0.120. The molecule has 0 N–H and O–H groups in total. The van der Waals surface area contributed by atoms with Crippen LogP contribution in [0, 0.1) is 11.8 Å². The van der Waals surface area contributed by atoms with Crippen molar-refractivity contribution in [2.45, 2.75) is 37.7 Å². The van der Waals surface area contributed by atoms with E-state index in [1.54, 1.807) is 0 Å². The molecule has 1 aliphatic heterocycles. The quantitative estimate of drug-likeness (QED) is 0.527. The summed E-state index contributed by atoms with van der Waals surface area (Å²) in [7, 11) is 0. The molecule has 1 aliphatic rings. The van der Waals surface area contributed by atoms with Crippen LogP contribution in [0.15, 0.2) is 0 Å². The van der Waals surface area contributed by atoms with Gasteiger partial charge in [0.1, 0.15) is 0 Å². The third-order valence-corrected chi connectivity index (χ3v) is 5.32. The Kier molecular flexibility index (Phi) is 3.83. The van der Waals surface area contributed by atoms with E-state index in [1.165, 1.54) is 13.1 Å². The Hall–Kier alpha value is 0.690. The highest BCUT2D eigenvalue weighted by Gasteiger charge is 2.30. The molecular weight excluding hydrogens is 261 g/mol. The van der Waals surface area contributed by atoms with Crippen LogP contribution in [0.2, 0.25) is 0 Å². The zero-order chi connectivity index (χ0) is 9.30. The highest BCUT2D eigenvalue weighted by Crippen LogP contribution is 2.29. The first kappa shape index (κ1) is 10.8. The fraction of sp³-hybridized carbons (Fsp3) is 1.00. The minimum atomic E-state index is 0.721. The van der Waals surface area contributed by atoms with E-state index in [9.17, 15) is 0 Å². The largest absolute Gasteiger partial charge is 0.300 e. The second-order valence-electron chi connectivity index (χ2n) is 4.45. The molecule has 3 atom stereocenters. The summed E-state index contributed by atoms with van der Waals surface area (Å²) in [5.74, 6) is 1.72. The molecule has 0 aromatic rings. The van der Waals surface area contributed by atoms with E-state index in [4.69, 9.17) is 0 Å². The molecule has 1 saturated heterocycles. The smallest absolute Gasteiger partial charge is 0.0185 e. The normalized spacial score (nSPS) is 39.0. The summed E-state index contributed by atoms with van der Waals surface area (Å²) in [4.78, 5) is 2.60. The lowest BCUT2D eigenvalue weighted by Gasteiger charge is -2.41. The van der Waals surface area contributed by atoms with Gasteiger partial charge in [-0.05, 0) is 25.7 Å². The van der Waals surface area contributed by atoms with Crippen LogP contribution in [-0.4, -0.2) is 28.0 Å². The van der Waals surface area contributed by atoms with Crippen molar-refractivity contribution in [1.29, 1.82) is 0 Å². The molecule has 1 fully saturated rings. The van der Waals surface area contributed by atoms with Gasteiger partial charge in [-0.25, -0.2) is 0 Å². The van der Waals surface area contributed by atoms with Crippen molar-refractivity contribution in [3.05, 3.63) is 0 Å². The van der Waals surface area contributed by atoms with E-state index >= 15 is 0 Å². The minimum absolute atomic E-state index is 0.721. The van der Waals surface area contributed by atoms with Gasteiger partial charge >= 0.3 is 0 Å². The number of likely N-dealkylation sites (tertiary alicyclic amines) is 1. The van der Waals surface area contributed by atoms with Gasteiger partial charge in [0.2, 0.25) is 0 Å². The summed E-state index contributed by atoms with van der Waals surface area (Å²) in [5, 5.41) is 0. The number of rotatable bonds is 1.